The molecule has 26 heavy (non-hydrogen) atoms. The van der Waals surface area contributed by atoms with E-state index in [1.54, 1.807) is 49.6 Å². The van der Waals surface area contributed by atoms with E-state index in [9.17, 15) is 13.2 Å². The van der Waals surface area contributed by atoms with E-state index in [2.05, 4.69) is 20.1 Å². The van der Waals surface area contributed by atoms with Gasteiger partial charge in [-0.1, -0.05) is 17.7 Å². The average Bonchev–Trinajstić information content (AvgIpc) is 3.04. The molecule has 0 unspecified atom stereocenters. The van der Waals surface area contributed by atoms with Crippen LogP contribution in [0, 0.1) is 13.8 Å². The molecule has 0 aliphatic rings. The maximum Gasteiger partial charge on any atom is 0.240 e. The molecule has 0 saturated carbocycles. The topological polar surface area (TPSA) is 105 Å². The molecule has 8 nitrogen and oxygen atoms in total. The number of nitrogens with one attached hydrogen (secondary N) is 2. The van der Waals surface area contributed by atoms with Gasteiger partial charge in [0.05, 0.1) is 11.1 Å². The normalized spacial score (nSPS) is 11.6. The zero-order chi connectivity index (χ0) is 18.7. The number of amides is 1. The fraction of sp³-hybridized carbons (Fsp3) is 0.235. The first-order valence-corrected chi connectivity index (χ1v) is 9.51. The third-order valence-corrected chi connectivity index (χ3v) is 5.44. The fourth-order valence-electron chi connectivity index (χ4n) is 2.61. The van der Waals surface area contributed by atoms with Gasteiger partial charge in [0.1, 0.15) is 5.82 Å². The number of rotatable bonds is 6. The number of fused-ring (bicyclic) bond motifs is 1. The van der Waals surface area contributed by atoms with Crippen LogP contribution in [0.15, 0.2) is 47.6 Å². The van der Waals surface area contributed by atoms with E-state index < -0.39 is 10.0 Å². The lowest BCUT2D eigenvalue weighted by Gasteiger charge is -2.10. The summed E-state index contributed by atoms with van der Waals surface area (Å²) in [5, 5.41) is 6.78. The number of nitrogens with zero attached hydrogens (tertiary/aromatic N) is 3. The zero-order valence-electron chi connectivity index (χ0n) is 14.4. The molecular formula is C17H19N5O3S. The van der Waals surface area contributed by atoms with Crippen LogP contribution in [0.1, 0.15) is 17.5 Å². The van der Waals surface area contributed by atoms with Crippen LogP contribution < -0.4 is 10.0 Å². The molecule has 3 rings (SSSR count). The molecule has 0 aliphatic carbocycles. The van der Waals surface area contributed by atoms with Gasteiger partial charge < -0.3 is 5.32 Å². The lowest BCUT2D eigenvalue weighted by Crippen LogP contribution is -2.28. The summed E-state index contributed by atoms with van der Waals surface area (Å²) >= 11 is 0. The summed E-state index contributed by atoms with van der Waals surface area (Å²) in [5.41, 5.74) is 2.27. The molecule has 0 bridgehead atoms. The standard InChI is InChI=1S/C17H19N5O3S/c1-12-3-4-14(13(2)11-12)26(24,25)20-10-7-17(23)21-16-5-8-18-15-6-9-19-22(15)16/h3-6,8-9,11,20H,7,10H2,1-2H3,(H,21,23). The van der Waals surface area contributed by atoms with Crippen molar-refractivity contribution in [2.24, 2.45) is 0 Å². The molecule has 0 atom stereocenters. The van der Waals surface area contributed by atoms with Crippen molar-refractivity contribution in [1.82, 2.24) is 19.3 Å². The predicted octanol–water partition coefficient (Wildman–Crippen LogP) is 1.65. The third kappa shape index (κ3) is 3.89. The Morgan fingerprint density at radius 2 is 1.96 bits per heavy atom. The maximum absolute atomic E-state index is 12.4. The highest BCUT2D eigenvalue weighted by molar-refractivity contribution is 7.89. The van der Waals surface area contributed by atoms with Crippen molar-refractivity contribution in [2.45, 2.75) is 25.2 Å². The minimum Gasteiger partial charge on any atom is -0.310 e. The second kappa shape index (κ2) is 7.22. The predicted molar refractivity (Wildman–Crippen MR) is 97.3 cm³/mol. The smallest absolute Gasteiger partial charge is 0.240 e. The number of aromatic nitrogens is 3. The van der Waals surface area contributed by atoms with Crippen molar-refractivity contribution in [3.8, 4) is 0 Å². The molecule has 9 heteroatoms. The number of hydrogen-bond acceptors (Lipinski definition) is 5. The summed E-state index contributed by atoms with van der Waals surface area (Å²) in [7, 11) is -3.66. The molecule has 1 aromatic carbocycles. The van der Waals surface area contributed by atoms with Gasteiger partial charge in [0.25, 0.3) is 0 Å². The first kappa shape index (κ1) is 18.0. The zero-order valence-corrected chi connectivity index (χ0v) is 15.2. The lowest BCUT2D eigenvalue weighted by atomic mass is 10.2. The number of hydrogen-bond donors (Lipinski definition) is 2. The number of aryl methyl sites for hydroxylation is 2. The first-order valence-electron chi connectivity index (χ1n) is 8.02. The van der Waals surface area contributed by atoms with Crippen LogP contribution in [0.4, 0.5) is 5.82 Å². The van der Waals surface area contributed by atoms with Crippen molar-refractivity contribution >= 4 is 27.4 Å². The van der Waals surface area contributed by atoms with Gasteiger partial charge in [-0.05, 0) is 31.5 Å². The molecule has 3 aromatic rings. The monoisotopic (exact) mass is 373 g/mol. The van der Waals surface area contributed by atoms with Crippen LogP contribution in [0.2, 0.25) is 0 Å². The molecule has 1 amide bonds. The van der Waals surface area contributed by atoms with E-state index in [1.807, 2.05) is 6.92 Å². The van der Waals surface area contributed by atoms with E-state index >= 15 is 0 Å². The van der Waals surface area contributed by atoms with Crippen molar-refractivity contribution in [3.05, 3.63) is 53.9 Å². The molecule has 2 aromatic heterocycles. The highest BCUT2D eigenvalue weighted by Gasteiger charge is 2.17. The van der Waals surface area contributed by atoms with Crippen LogP contribution in [0.3, 0.4) is 0 Å². The maximum atomic E-state index is 12.4. The Morgan fingerprint density at radius 1 is 1.15 bits per heavy atom. The van der Waals surface area contributed by atoms with Crippen LogP contribution in [-0.2, 0) is 14.8 Å². The molecular weight excluding hydrogens is 354 g/mol. The highest BCUT2D eigenvalue weighted by Crippen LogP contribution is 2.16. The van der Waals surface area contributed by atoms with Crippen LogP contribution in [0.5, 0.6) is 0 Å². The van der Waals surface area contributed by atoms with Crippen molar-refractivity contribution in [2.75, 3.05) is 11.9 Å². The number of carbonyl (C=O) groups excluding carboxylic acids is 1. The average molecular weight is 373 g/mol. The van der Waals surface area contributed by atoms with Gasteiger partial charge >= 0.3 is 0 Å². The van der Waals surface area contributed by atoms with Crippen molar-refractivity contribution in [1.29, 1.82) is 0 Å². The van der Waals surface area contributed by atoms with Gasteiger partial charge in [-0.2, -0.15) is 9.61 Å². The summed E-state index contributed by atoms with van der Waals surface area (Å²) in [4.78, 5) is 16.4. The van der Waals surface area contributed by atoms with Crippen molar-refractivity contribution in [3.63, 3.8) is 0 Å². The number of sulfonamides is 1. The SMILES string of the molecule is Cc1ccc(S(=O)(=O)NCCC(=O)Nc2ccnc3ccnn23)c(C)c1. The molecule has 0 saturated heterocycles. The Hall–Kier alpha value is -2.78. The molecule has 136 valence electrons. The molecule has 2 heterocycles. The molecule has 0 fully saturated rings. The van der Waals surface area contributed by atoms with Gasteiger partial charge in [-0.3, -0.25) is 4.79 Å². The Kier molecular flexibility index (Phi) is 5.01. The number of carbonyl (C=O) groups is 1. The highest BCUT2D eigenvalue weighted by atomic mass is 32.2. The summed E-state index contributed by atoms with van der Waals surface area (Å²) in [6, 6.07) is 8.46. The number of anilines is 1. The van der Waals surface area contributed by atoms with E-state index in [0.717, 1.165) is 5.56 Å². The third-order valence-electron chi connectivity index (χ3n) is 3.82. The largest absolute Gasteiger partial charge is 0.310 e. The van der Waals surface area contributed by atoms with Crippen molar-refractivity contribution < 1.29 is 13.2 Å². The van der Waals surface area contributed by atoms with Gasteiger partial charge in [0, 0.05) is 25.2 Å². The Labute approximate surface area is 151 Å². The Balaban J connectivity index is 1.60. The summed E-state index contributed by atoms with van der Waals surface area (Å²) in [6.07, 6.45) is 3.14. The molecule has 0 radical (unpaired) electrons. The quantitative estimate of drug-likeness (QED) is 0.683. The number of benzene rings is 1. The van der Waals surface area contributed by atoms with E-state index in [1.165, 1.54) is 4.52 Å². The van der Waals surface area contributed by atoms with Crippen LogP contribution in [-0.4, -0.2) is 35.5 Å². The van der Waals surface area contributed by atoms with E-state index in [0.29, 0.717) is 17.0 Å². The van der Waals surface area contributed by atoms with E-state index in [-0.39, 0.29) is 23.8 Å². The van der Waals surface area contributed by atoms with Crippen LogP contribution in [0.25, 0.3) is 5.65 Å². The minimum absolute atomic E-state index is 0.00474. The van der Waals surface area contributed by atoms with Gasteiger partial charge in [0.15, 0.2) is 5.65 Å². The lowest BCUT2D eigenvalue weighted by molar-refractivity contribution is -0.116. The molecule has 0 aliphatic heterocycles. The second-order valence-corrected chi connectivity index (χ2v) is 7.63. The Bertz CT molecular complexity index is 1060. The minimum atomic E-state index is -3.66. The summed E-state index contributed by atoms with van der Waals surface area (Å²) in [6.45, 7) is 3.64. The second-order valence-electron chi connectivity index (χ2n) is 5.90. The Morgan fingerprint density at radius 3 is 2.73 bits per heavy atom. The van der Waals surface area contributed by atoms with Crippen LogP contribution >= 0.6 is 0 Å². The first-order chi connectivity index (χ1) is 12.4. The molecule has 0 spiro atoms. The van der Waals surface area contributed by atoms with Gasteiger partial charge in [-0.15, -0.1) is 0 Å². The fourth-order valence-corrected chi connectivity index (χ4v) is 3.87. The summed E-state index contributed by atoms with van der Waals surface area (Å²) < 4.78 is 28.7. The van der Waals surface area contributed by atoms with Gasteiger partial charge in [-0.25, -0.2) is 18.1 Å². The van der Waals surface area contributed by atoms with Gasteiger partial charge in [0.2, 0.25) is 15.9 Å². The summed E-state index contributed by atoms with van der Waals surface area (Å²) in [5.74, 6) is 0.151. The molecule has 2 N–H and O–H groups in total. The van der Waals surface area contributed by atoms with E-state index in [4.69, 9.17) is 0 Å².